The lowest BCUT2D eigenvalue weighted by atomic mass is 10.1. The number of aryl methyl sites for hydroxylation is 1. The zero-order valence-electron chi connectivity index (χ0n) is 10.9. The maximum Gasteiger partial charge on any atom is 0.248 e. The molecule has 0 saturated carbocycles. The topological polar surface area (TPSA) is 72.5 Å². The van der Waals surface area contributed by atoms with Crippen LogP contribution in [0.25, 0.3) is 0 Å². The Morgan fingerprint density at radius 3 is 2.50 bits per heavy atom. The highest BCUT2D eigenvalue weighted by molar-refractivity contribution is 5.92. The molecule has 2 aromatic rings. The number of hydrogen-bond donors (Lipinski definition) is 2. The van der Waals surface area contributed by atoms with Crippen LogP contribution in [0.1, 0.15) is 22.8 Å². The first-order valence-electron chi connectivity index (χ1n) is 6.10. The van der Waals surface area contributed by atoms with Crippen LogP contribution >= 0.6 is 0 Å². The fraction of sp³-hybridized carbons (Fsp3) is 0.133. The number of amides is 1. The van der Waals surface area contributed by atoms with E-state index in [1.807, 2.05) is 6.92 Å². The maximum absolute atomic E-state index is 13.8. The van der Waals surface area contributed by atoms with Gasteiger partial charge < -0.3 is 15.6 Å². The summed E-state index contributed by atoms with van der Waals surface area (Å²) in [5.41, 5.74) is 6.05. The molecule has 0 saturated heterocycles. The van der Waals surface area contributed by atoms with E-state index in [9.17, 15) is 14.3 Å². The van der Waals surface area contributed by atoms with Gasteiger partial charge in [-0.2, -0.15) is 0 Å². The Morgan fingerprint density at radius 2 is 1.95 bits per heavy atom. The van der Waals surface area contributed by atoms with Crippen LogP contribution in [0.2, 0.25) is 0 Å². The summed E-state index contributed by atoms with van der Waals surface area (Å²) in [4.78, 5) is 10.9. The van der Waals surface area contributed by atoms with Crippen LogP contribution in [0, 0.1) is 5.82 Å². The van der Waals surface area contributed by atoms with Crippen molar-refractivity contribution < 1.29 is 19.0 Å². The fourth-order valence-electron chi connectivity index (χ4n) is 1.72. The number of aromatic hydroxyl groups is 1. The molecule has 0 fully saturated rings. The van der Waals surface area contributed by atoms with Crippen LogP contribution in [0.4, 0.5) is 4.39 Å². The first kappa shape index (κ1) is 13.9. The van der Waals surface area contributed by atoms with Crippen molar-refractivity contribution in [2.75, 3.05) is 0 Å². The van der Waals surface area contributed by atoms with E-state index in [0.717, 1.165) is 18.1 Å². The van der Waals surface area contributed by atoms with E-state index in [0.29, 0.717) is 0 Å². The molecular formula is C15H14FNO3. The minimum atomic E-state index is -0.722. The Bertz CT molecular complexity index is 656. The molecule has 0 aliphatic heterocycles. The lowest BCUT2D eigenvalue weighted by Gasteiger charge is -2.10. The Balaban J connectivity index is 2.28. The van der Waals surface area contributed by atoms with Crippen LogP contribution in [0.5, 0.6) is 17.2 Å². The molecule has 0 aliphatic rings. The minimum absolute atomic E-state index is 0.0559. The molecule has 0 aliphatic carbocycles. The van der Waals surface area contributed by atoms with E-state index in [4.69, 9.17) is 10.5 Å². The summed E-state index contributed by atoms with van der Waals surface area (Å²) >= 11 is 0. The van der Waals surface area contributed by atoms with Gasteiger partial charge in [0.2, 0.25) is 5.91 Å². The molecule has 104 valence electrons. The smallest absolute Gasteiger partial charge is 0.248 e. The summed E-state index contributed by atoms with van der Waals surface area (Å²) < 4.78 is 19.1. The van der Waals surface area contributed by atoms with Gasteiger partial charge in [0.05, 0.1) is 0 Å². The first-order chi connectivity index (χ1) is 9.51. The molecule has 0 spiro atoms. The van der Waals surface area contributed by atoms with Gasteiger partial charge in [-0.05, 0) is 42.3 Å². The highest BCUT2D eigenvalue weighted by Gasteiger charge is 2.11. The molecule has 1 amide bonds. The van der Waals surface area contributed by atoms with Crippen LogP contribution in [0.3, 0.4) is 0 Å². The predicted molar refractivity (Wildman–Crippen MR) is 72.5 cm³/mol. The number of carbonyl (C=O) groups excluding carboxylic acids is 1. The Labute approximate surface area is 115 Å². The fourth-order valence-corrected chi connectivity index (χ4v) is 1.72. The third-order valence-corrected chi connectivity index (χ3v) is 2.87. The normalized spacial score (nSPS) is 10.3. The standard InChI is InChI=1S/C15H14FNO3/c1-2-9-3-5-14(12(18)7-9)20-13-6-4-10(15(17)19)8-11(13)16/h3-8,18H,2H2,1H3,(H2,17,19). The highest BCUT2D eigenvalue weighted by Crippen LogP contribution is 2.32. The molecule has 20 heavy (non-hydrogen) atoms. The lowest BCUT2D eigenvalue weighted by Crippen LogP contribution is -2.11. The molecule has 2 rings (SSSR count). The molecule has 4 nitrogen and oxygen atoms in total. The number of phenolic OH excluding ortho intramolecular Hbond substituents is 1. The maximum atomic E-state index is 13.8. The summed E-state index contributed by atoms with van der Waals surface area (Å²) in [6.07, 6.45) is 0.773. The summed E-state index contributed by atoms with van der Waals surface area (Å²) in [6.45, 7) is 1.96. The van der Waals surface area contributed by atoms with Crippen LogP contribution in [-0.4, -0.2) is 11.0 Å². The molecule has 0 atom stereocenters. The highest BCUT2D eigenvalue weighted by atomic mass is 19.1. The van der Waals surface area contributed by atoms with Crippen molar-refractivity contribution in [3.8, 4) is 17.2 Å². The number of rotatable bonds is 4. The van der Waals surface area contributed by atoms with Gasteiger partial charge in [0, 0.05) is 5.56 Å². The summed E-state index contributed by atoms with van der Waals surface area (Å²) in [6, 6.07) is 8.56. The molecule has 0 heterocycles. The number of ether oxygens (including phenoxy) is 1. The van der Waals surface area contributed by atoms with Crippen molar-refractivity contribution in [1.29, 1.82) is 0 Å². The van der Waals surface area contributed by atoms with Gasteiger partial charge in [0.1, 0.15) is 0 Å². The number of phenols is 1. The average Bonchev–Trinajstić information content (AvgIpc) is 2.42. The molecule has 0 radical (unpaired) electrons. The van der Waals surface area contributed by atoms with E-state index in [1.54, 1.807) is 18.2 Å². The van der Waals surface area contributed by atoms with Gasteiger partial charge in [0.15, 0.2) is 23.1 Å². The van der Waals surface area contributed by atoms with Crippen LogP contribution in [-0.2, 0) is 6.42 Å². The van der Waals surface area contributed by atoms with Crippen molar-refractivity contribution in [1.82, 2.24) is 0 Å². The first-order valence-corrected chi connectivity index (χ1v) is 6.10. The Kier molecular flexibility index (Phi) is 3.89. The molecule has 0 aromatic heterocycles. The van der Waals surface area contributed by atoms with Crippen molar-refractivity contribution in [3.63, 3.8) is 0 Å². The van der Waals surface area contributed by atoms with E-state index >= 15 is 0 Å². The number of primary amides is 1. The lowest BCUT2D eigenvalue weighted by molar-refractivity contribution is 0.1000. The zero-order valence-corrected chi connectivity index (χ0v) is 10.9. The number of nitrogens with two attached hydrogens (primary N) is 1. The van der Waals surface area contributed by atoms with Gasteiger partial charge in [0.25, 0.3) is 0 Å². The molecule has 3 N–H and O–H groups in total. The van der Waals surface area contributed by atoms with Gasteiger partial charge in [-0.1, -0.05) is 13.0 Å². The van der Waals surface area contributed by atoms with Crippen molar-refractivity contribution >= 4 is 5.91 Å². The monoisotopic (exact) mass is 275 g/mol. The van der Waals surface area contributed by atoms with Gasteiger partial charge in [-0.15, -0.1) is 0 Å². The van der Waals surface area contributed by atoms with Crippen molar-refractivity contribution in [2.24, 2.45) is 5.73 Å². The molecule has 0 unspecified atom stereocenters. The molecule has 0 bridgehead atoms. The third kappa shape index (κ3) is 2.88. The molecule has 5 heteroatoms. The van der Waals surface area contributed by atoms with Crippen molar-refractivity contribution in [3.05, 3.63) is 53.3 Å². The third-order valence-electron chi connectivity index (χ3n) is 2.87. The molecule has 2 aromatic carbocycles. The minimum Gasteiger partial charge on any atom is -0.504 e. The van der Waals surface area contributed by atoms with Crippen LogP contribution in [0.15, 0.2) is 36.4 Å². The second-order valence-corrected chi connectivity index (χ2v) is 4.27. The number of halogens is 1. The van der Waals surface area contributed by atoms with E-state index < -0.39 is 11.7 Å². The average molecular weight is 275 g/mol. The van der Waals surface area contributed by atoms with E-state index in [-0.39, 0.29) is 22.8 Å². The Morgan fingerprint density at radius 1 is 1.25 bits per heavy atom. The second-order valence-electron chi connectivity index (χ2n) is 4.27. The van der Waals surface area contributed by atoms with Crippen LogP contribution < -0.4 is 10.5 Å². The van der Waals surface area contributed by atoms with Gasteiger partial charge >= 0.3 is 0 Å². The summed E-state index contributed by atoms with van der Waals surface area (Å²) in [5, 5.41) is 9.80. The predicted octanol–water partition coefficient (Wildman–Crippen LogP) is 2.98. The SMILES string of the molecule is CCc1ccc(Oc2ccc(C(N)=O)cc2F)c(O)c1. The second kappa shape index (κ2) is 5.61. The number of carbonyl (C=O) groups is 1. The largest absolute Gasteiger partial charge is 0.504 e. The van der Waals surface area contributed by atoms with Gasteiger partial charge in [-0.3, -0.25) is 4.79 Å². The quantitative estimate of drug-likeness (QED) is 0.901. The zero-order chi connectivity index (χ0) is 14.7. The molecular weight excluding hydrogens is 261 g/mol. The summed E-state index contributed by atoms with van der Waals surface area (Å²) in [5.74, 6) is -1.45. The number of hydrogen-bond acceptors (Lipinski definition) is 3. The van der Waals surface area contributed by atoms with E-state index in [2.05, 4.69) is 0 Å². The van der Waals surface area contributed by atoms with Gasteiger partial charge in [-0.25, -0.2) is 4.39 Å². The Hall–Kier alpha value is -2.56. The van der Waals surface area contributed by atoms with Crippen molar-refractivity contribution in [2.45, 2.75) is 13.3 Å². The number of benzene rings is 2. The van der Waals surface area contributed by atoms with E-state index in [1.165, 1.54) is 12.1 Å². The summed E-state index contributed by atoms with van der Waals surface area (Å²) in [7, 11) is 0.